The van der Waals surface area contributed by atoms with Gasteiger partial charge < -0.3 is 24.3 Å². The number of carbonyl (C=O) groups excluding carboxylic acids is 2. The molecule has 0 bridgehead atoms. The van der Waals surface area contributed by atoms with Gasteiger partial charge in [-0.05, 0) is 66.5 Å². The lowest BCUT2D eigenvalue weighted by Crippen LogP contribution is -2.49. The first-order valence-corrected chi connectivity index (χ1v) is 14.9. The van der Waals surface area contributed by atoms with E-state index in [2.05, 4.69) is 52.8 Å². The van der Waals surface area contributed by atoms with Gasteiger partial charge in [-0.3, -0.25) is 9.59 Å². The molecule has 0 saturated heterocycles. The van der Waals surface area contributed by atoms with E-state index in [0.717, 1.165) is 47.3 Å². The zero-order valence-corrected chi connectivity index (χ0v) is 24.4. The summed E-state index contributed by atoms with van der Waals surface area (Å²) < 4.78 is 8.47. The molecule has 42 heavy (non-hydrogen) atoms. The van der Waals surface area contributed by atoms with Crippen LogP contribution >= 0.6 is 0 Å². The van der Waals surface area contributed by atoms with Crippen LogP contribution in [-0.2, 0) is 22.6 Å². The number of hydrogen-bond acceptors (Lipinski definition) is 5. The minimum Gasteiger partial charge on any atom is -0.478 e. The quantitative estimate of drug-likeness (QED) is 0.288. The highest BCUT2D eigenvalue weighted by Crippen LogP contribution is 2.40. The number of imidazole rings is 1. The van der Waals surface area contributed by atoms with E-state index in [1.54, 1.807) is 30.2 Å². The third-order valence-corrected chi connectivity index (χ3v) is 8.77. The molecule has 2 aliphatic rings. The molecule has 6 rings (SSSR count). The van der Waals surface area contributed by atoms with Crippen LogP contribution in [0.5, 0.6) is 5.75 Å². The van der Waals surface area contributed by atoms with E-state index < -0.39 is 6.10 Å². The number of pyridine rings is 1. The summed E-state index contributed by atoms with van der Waals surface area (Å²) in [5.74, 6) is 1.24. The van der Waals surface area contributed by atoms with Crippen molar-refractivity contribution in [3.63, 3.8) is 0 Å². The number of benzene rings is 2. The minimum absolute atomic E-state index is 0.0472. The lowest BCUT2D eigenvalue weighted by atomic mass is 9.72. The van der Waals surface area contributed by atoms with Crippen LogP contribution in [0, 0.1) is 5.92 Å². The number of rotatable bonds is 10. The van der Waals surface area contributed by atoms with Crippen molar-refractivity contribution in [2.45, 2.75) is 50.7 Å². The highest BCUT2D eigenvalue weighted by Gasteiger charge is 2.36. The molecule has 2 aromatic heterocycles. The summed E-state index contributed by atoms with van der Waals surface area (Å²) in [5, 5.41) is 3.53. The number of amides is 2. The van der Waals surface area contributed by atoms with Gasteiger partial charge in [0.05, 0.1) is 30.3 Å². The number of anilines is 1. The van der Waals surface area contributed by atoms with Gasteiger partial charge in [0.1, 0.15) is 5.75 Å². The van der Waals surface area contributed by atoms with Gasteiger partial charge in [0.2, 0.25) is 5.91 Å². The predicted octanol–water partition coefficient (Wildman–Crippen LogP) is 5.14. The minimum atomic E-state index is -0.642. The van der Waals surface area contributed by atoms with Gasteiger partial charge in [-0.1, -0.05) is 48.9 Å². The zero-order valence-electron chi connectivity index (χ0n) is 24.4. The van der Waals surface area contributed by atoms with E-state index in [9.17, 15) is 9.59 Å². The smallest absolute Gasteiger partial charge is 0.264 e. The second-order valence-electron chi connectivity index (χ2n) is 11.8. The van der Waals surface area contributed by atoms with Crippen LogP contribution < -0.4 is 10.1 Å². The predicted molar refractivity (Wildman–Crippen MR) is 163 cm³/mol. The number of nitrogens with zero attached hydrogens (tertiary/aromatic N) is 4. The Hall–Kier alpha value is -4.33. The maximum absolute atomic E-state index is 14.2. The normalized spacial score (nSPS) is 17.0. The molecule has 1 aliphatic heterocycles. The molecule has 2 unspecified atom stereocenters. The standard InChI is InChI=1S/C34H39N5O3/c1-37(2)32(40)22-39(21-29(26-10-6-11-26)25-8-4-3-5-9-25)34(41)31-15-14-27-12-7-13-30(33(27)42-31)36-19-24-16-17-38-23-35-20-28(38)18-24/h3-5,7-9,12-13,16-18,20,23,26,29,31,36H,6,10-11,14-15,19,21-22H2,1-2H3. The molecule has 218 valence electrons. The molecular weight excluding hydrogens is 526 g/mol. The highest BCUT2D eigenvalue weighted by atomic mass is 16.5. The third kappa shape index (κ3) is 5.98. The van der Waals surface area contributed by atoms with Gasteiger partial charge in [-0.25, -0.2) is 4.98 Å². The Balaban J connectivity index is 1.21. The van der Waals surface area contributed by atoms with E-state index in [1.807, 2.05) is 35.0 Å². The monoisotopic (exact) mass is 565 g/mol. The number of aryl methyl sites for hydroxylation is 1. The first-order valence-electron chi connectivity index (χ1n) is 14.9. The molecule has 0 spiro atoms. The summed E-state index contributed by atoms with van der Waals surface area (Å²) in [5.41, 5.74) is 5.34. The fraction of sp³-hybridized carbons (Fsp3) is 0.382. The Kier molecular flexibility index (Phi) is 8.13. The second kappa shape index (κ2) is 12.3. The Bertz CT molecular complexity index is 1550. The van der Waals surface area contributed by atoms with Gasteiger partial charge in [0, 0.05) is 39.3 Å². The van der Waals surface area contributed by atoms with Gasteiger partial charge in [0.15, 0.2) is 6.10 Å². The van der Waals surface area contributed by atoms with Gasteiger partial charge in [0.25, 0.3) is 5.91 Å². The molecule has 1 saturated carbocycles. The molecule has 1 fully saturated rings. The summed E-state index contributed by atoms with van der Waals surface area (Å²) >= 11 is 0. The van der Waals surface area contributed by atoms with Crippen molar-refractivity contribution < 1.29 is 14.3 Å². The van der Waals surface area contributed by atoms with Gasteiger partial charge in [-0.2, -0.15) is 0 Å². The molecule has 0 radical (unpaired) electrons. The average molecular weight is 566 g/mol. The molecular formula is C34H39N5O3. The van der Waals surface area contributed by atoms with Gasteiger partial charge in [-0.15, -0.1) is 0 Å². The summed E-state index contributed by atoms with van der Waals surface area (Å²) in [7, 11) is 3.48. The van der Waals surface area contributed by atoms with Crippen LogP contribution in [0.1, 0.15) is 48.3 Å². The molecule has 1 N–H and O–H groups in total. The van der Waals surface area contributed by atoms with E-state index in [0.29, 0.717) is 25.4 Å². The lowest BCUT2D eigenvalue weighted by molar-refractivity contribution is -0.145. The number of para-hydroxylation sites is 1. The van der Waals surface area contributed by atoms with Crippen LogP contribution in [0.25, 0.3) is 5.52 Å². The zero-order chi connectivity index (χ0) is 29.1. The van der Waals surface area contributed by atoms with Gasteiger partial charge >= 0.3 is 0 Å². The van der Waals surface area contributed by atoms with Crippen molar-refractivity contribution in [2.24, 2.45) is 5.92 Å². The first-order chi connectivity index (χ1) is 20.5. The number of likely N-dealkylation sites (N-methyl/N-ethyl adjacent to an activating group) is 1. The average Bonchev–Trinajstić information content (AvgIpc) is 3.46. The summed E-state index contributed by atoms with van der Waals surface area (Å²) in [6.07, 6.45) is 9.83. The van der Waals surface area contributed by atoms with Crippen LogP contribution in [0.4, 0.5) is 5.69 Å². The van der Waals surface area contributed by atoms with Crippen molar-refractivity contribution in [2.75, 3.05) is 32.5 Å². The van der Waals surface area contributed by atoms with Crippen LogP contribution in [-0.4, -0.2) is 64.3 Å². The van der Waals surface area contributed by atoms with Crippen molar-refractivity contribution in [1.29, 1.82) is 0 Å². The first kappa shape index (κ1) is 27.8. The third-order valence-electron chi connectivity index (χ3n) is 8.77. The highest BCUT2D eigenvalue weighted by molar-refractivity contribution is 5.87. The molecule has 4 aromatic rings. The Labute approximate surface area is 247 Å². The molecule has 2 atom stereocenters. The maximum atomic E-state index is 14.2. The summed E-state index contributed by atoms with van der Waals surface area (Å²) in [6, 6.07) is 20.7. The van der Waals surface area contributed by atoms with E-state index in [4.69, 9.17) is 4.74 Å². The topological polar surface area (TPSA) is 79.2 Å². The second-order valence-corrected chi connectivity index (χ2v) is 11.8. The molecule has 1 aliphatic carbocycles. The number of ether oxygens (including phenoxy) is 1. The van der Waals surface area contributed by atoms with E-state index in [-0.39, 0.29) is 24.3 Å². The Morgan fingerprint density at radius 1 is 1.07 bits per heavy atom. The largest absolute Gasteiger partial charge is 0.478 e. The van der Waals surface area contributed by atoms with Crippen molar-refractivity contribution in [3.05, 3.63) is 96.1 Å². The molecule has 2 amide bonds. The number of nitrogens with one attached hydrogen (secondary N) is 1. The number of carbonyl (C=O) groups is 2. The SMILES string of the molecule is CN(C)C(=O)CN(CC(c1ccccc1)C1CCC1)C(=O)C1CCc2cccc(NCc3ccn4cncc4c3)c2O1. The van der Waals surface area contributed by atoms with E-state index in [1.165, 1.54) is 12.0 Å². The number of hydrogen-bond donors (Lipinski definition) is 1. The molecule has 2 aromatic carbocycles. The summed E-state index contributed by atoms with van der Waals surface area (Å²) in [4.78, 5) is 34.6. The summed E-state index contributed by atoms with van der Waals surface area (Å²) in [6.45, 7) is 1.17. The Morgan fingerprint density at radius 3 is 2.67 bits per heavy atom. The van der Waals surface area contributed by atoms with Crippen molar-refractivity contribution in [3.8, 4) is 5.75 Å². The molecule has 8 heteroatoms. The maximum Gasteiger partial charge on any atom is 0.264 e. The fourth-order valence-electron chi connectivity index (χ4n) is 6.04. The fourth-order valence-corrected chi connectivity index (χ4v) is 6.04. The van der Waals surface area contributed by atoms with Crippen LogP contribution in [0.15, 0.2) is 79.4 Å². The van der Waals surface area contributed by atoms with E-state index >= 15 is 0 Å². The number of fused-ring (bicyclic) bond motifs is 2. The van der Waals surface area contributed by atoms with Crippen LogP contribution in [0.3, 0.4) is 0 Å². The van der Waals surface area contributed by atoms with Crippen molar-refractivity contribution in [1.82, 2.24) is 19.2 Å². The molecule has 8 nitrogen and oxygen atoms in total. The van der Waals surface area contributed by atoms with Crippen LogP contribution in [0.2, 0.25) is 0 Å². The Morgan fingerprint density at radius 2 is 1.90 bits per heavy atom. The van der Waals surface area contributed by atoms with Crippen molar-refractivity contribution >= 4 is 23.0 Å². The lowest BCUT2D eigenvalue weighted by Gasteiger charge is -2.39. The number of aromatic nitrogens is 2. The molecule has 3 heterocycles.